The molecule has 3 nitrogen and oxygen atoms in total. The maximum absolute atomic E-state index is 6.52. The summed E-state index contributed by atoms with van der Waals surface area (Å²) in [5.74, 6) is 0. The lowest BCUT2D eigenvalue weighted by atomic mass is 10.0. The molecule has 1 unspecified atom stereocenters. The van der Waals surface area contributed by atoms with E-state index in [1.165, 1.54) is 161 Å². The predicted octanol–water partition coefficient (Wildman–Crippen LogP) is 13.3. The Morgan fingerprint density at radius 1 is 0.524 bits per heavy atom. The van der Waals surface area contributed by atoms with Gasteiger partial charge in [0, 0.05) is 12.1 Å². The van der Waals surface area contributed by atoms with E-state index in [-0.39, 0.29) is 6.04 Å². The van der Waals surface area contributed by atoms with E-state index in [9.17, 15) is 0 Å². The van der Waals surface area contributed by atoms with Gasteiger partial charge in [-0.3, -0.25) is 0 Å². The Balaban J connectivity index is 4.18. The van der Waals surface area contributed by atoms with Crippen molar-refractivity contribution in [2.24, 2.45) is 4.99 Å². The summed E-state index contributed by atoms with van der Waals surface area (Å²) in [4.78, 5) is 4.76. The molecule has 0 amide bonds. The minimum atomic E-state index is 0.249. The largest absolute Gasteiger partial charge is 0.462 e. The van der Waals surface area contributed by atoms with Crippen LogP contribution in [0.15, 0.2) is 17.1 Å². The van der Waals surface area contributed by atoms with Gasteiger partial charge >= 0.3 is 0 Å². The molecule has 0 aliphatic carbocycles. The maximum atomic E-state index is 6.52. The number of nitrogens with zero attached hydrogens (tertiary/aromatic N) is 1. The topological polar surface area (TPSA) is 33.6 Å². The summed E-state index contributed by atoms with van der Waals surface area (Å²) < 4.78 is 6.52. The first-order valence-electron chi connectivity index (χ1n) is 19.2. The molecule has 0 aliphatic heterocycles. The molecule has 0 aromatic rings. The molecule has 0 bridgehead atoms. The van der Waals surface area contributed by atoms with Gasteiger partial charge in [0.15, 0.2) is 0 Å². The van der Waals surface area contributed by atoms with Crippen molar-refractivity contribution in [1.82, 2.24) is 5.32 Å². The fourth-order valence-electron chi connectivity index (χ4n) is 5.66. The minimum absolute atomic E-state index is 0.249. The Labute approximate surface area is 265 Å². The third-order valence-corrected chi connectivity index (χ3v) is 8.23. The van der Waals surface area contributed by atoms with Gasteiger partial charge in [-0.25, -0.2) is 4.99 Å². The number of nitrogens with one attached hydrogen (secondary N) is 1. The quantitative estimate of drug-likeness (QED) is 0.0377. The minimum Gasteiger partial charge on any atom is -0.462 e. The number of hydrogen-bond acceptors (Lipinski definition) is 2. The summed E-state index contributed by atoms with van der Waals surface area (Å²) >= 11 is 0. The molecule has 250 valence electrons. The molecule has 1 N–H and O–H groups in total. The third-order valence-electron chi connectivity index (χ3n) is 8.23. The van der Waals surface area contributed by atoms with Gasteiger partial charge in [0.1, 0.15) is 6.10 Å². The molecule has 0 radical (unpaired) electrons. The average Bonchev–Trinajstić information content (AvgIpc) is 2.94. The van der Waals surface area contributed by atoms with Crippen LogP contribution >= 0.6 is 0 Å². The van der Waals surface area contributed by atoms with E-state index < -0.39 is 0 Å². The van der Waals surface area contributed by atoms with Crippen LogP contribution in [0, 0.1) is 0 Å². The second-order valence-electron chi connectivity index (χ2n) is 13.6. The Kier molecular flexibility index (Phi) is 32.1. The van der Waals surface area contributed by atoms with Gasteiger partial charge in [-0.15, -0.1) is 0 Å². The third kappa shape index (κ3) is 31.9. The first kappa shape index (κ1) is 41.0. The second-order valence-corrected chi connectivity index (χ2v) is 13.6. The number of ether oxygens (including phenoxy) is 1. The number of rotatable bonds is 31. The van der Waals surface area contributed by atoms with E-state index in [1.807, 2.05) is 0 Å². The molecule has 3 heteroatoms. The van der Waals surface area contributed by atoms with E-state index in [1.54, 1.807) is 0 Å². The number of unbranched alkanes of at least 4 members (excludes halogenated alkanes) is 22. The molecule has 0 spiro atoms. The zero-order valence-electron chi connectivity index (χ0n) is 29.8. The molecule has 0 rings (SSSR count). The van der Waals surface area contributed by atoms with E-state index in [0.29, 0.717) is 12.1 Å². The van der Waals surface area contributed by atoms with Gasteiger partial charge in [0.25, 0.3) is 6.02 Å². The van der Waals surface area contributed by atoms with Gasteiger partial charge in [-0.2, -0.15) is 0 Å². The number of allylic oxidation sites excluding steroid dienone is 2. The van der Waals surface area contributed by atoms with Gasteiger partial charge in [0.2, 0.25) is 0 Å². The molecule has 0 aliphatic rings. The highest BCUT2D eigenvalue weighted by molar-refractivity contribution is 5.74. The fraction of sp³-hybridized carbons (Fsp3) is 0.923. The van der Waals surface area contributed by atoms with Crippen LogP contribution in [0.25, 0.3) is 0 Å². The average molecular weight is 591 g/mol. The van der Waals surface area contributed by atoms with Gasteiger partial charge < -0.3 is 10.1 Å². The van der Waals surface area contributed by atoms with Crippen molar-refractivity contribution in [1.29, 1.82) is 0 Å². The molecule has 0 saturated heterocycles. The van der Waals surface area contributed by atoms with E-state index >= 15 is 0 Å². The van der Waals surface area contributed by atoms with Crippen LogP contribution in [-0.4, -0.2) is 24.2 Å². The van der Waals surface area contributed by atoms with Crippen LogP contribution in [-0.2, 0) is 4.74 Å². The Hall–Kier alpha value is -0.990. The summed E-state index contributed by atoms with van der Waals surface area (Å²) in [6.45, 7) is 13.2. The van der Waals surface area contributed by atoms with Gasteiger partial charge in [-0.05, 0) is 79.1 Å². The lowest BCUT2D eigenvalue weighted by molar-refractivity contribution is 0.149. The van der Waals surface area contributed by atoms with Crippen molar-refractivity contribution < 1.29 is 4.74 Å². The van der Waals surface area contributed by atoms with Crippen LogP contribution in [0.4, 0.5) is 0 Å². The molecule has 42 heavy (non-hydrogen) atoms. The summed E-state index contributed by atoms with van der Waals surface area (Å²) in [7, 11) is 0. The molecular weight excluding hydrogens is 512 g/mol. The Morgan fingerprint density at radius 3 is 1.24 bits per heavy atom. The highest BCUT2D eigenvalue weighted by atomic mass is 16.5. The lowest BCUT2D eigenvalue weighted by Crippen LogP contribution is -2.36. The first-order chi connectivity index (χ1) is 20.5. The van der Waals surface area contributed by atoms with Crippen molar-refractivity contribution in [2.75, 3.05) is 0 Å². The fourth-order valence-corrected chi connectivity index (χ4v) is 5.66. The zero-order chi connectivity index (χ0) is 30.9. The van der Waals surface area contributed by atoms with E-state index in [0.717, 1.165) is 18.9 Å². The summed E-state index contributed by atoms with van der Waals surface area (Å²) in [5.41, 5.74) is 0. The molecule has 0 fully saturated rings. The van der Waals surface area contributed by atoms with Crippen LogP contribution in [0.5, 0.6) is 0 Å². The van der Waals surface area contributed by atoms with Crippen LogP contribution < -0.4 is 5.32 Å². The smallest absolute Gasteiger partial charge is 0.285 e. The summed E-state index contributed by atoms with van der Waals surface area (Å²) in [6, 6.07) is 1.35. The van der Waals surface area contributed by atoms with Crippen molar-refractivity contribution in [3.05, 3.63) is 12.2 Å². The summed E-state index contributed by atoms with van der Waals surface area (Å²) in [6.07, 6.45) is 41.9. The van der Waals surface area contributed by atoms with Gasteiger partial charge in [0.05, 0.1) is 0 Å². The highest BCUT2D eigenvalue weighted by Crippen LogP contribution is 2.18. The molecule has 1 atom stereocenters. The van der Waals surface area contributed by atoms with Crippen LogP contribution in [0.3, 0.4) is 0 Å². The Bertz CT molecular complexity index is 583. The van der Waals surface area contributed by atoms with Crippen molar-refractivity contribution >= 4 is 6.02 Å². The SMILES string of the molecule is CCCCCCCC/C=C\CCCCCCCC(CCCCCCCCCCCCCC)OC(=NC(C)C)NC(C)C. The highest BCUT2D eigenvalue weighted by Gasteiger charge is 2.14. The predicted molar refractivity (Wildman–Crippen MR) is 191 cm³/mol. The van der Waals surface area contributed by atoms with Crippen LogP contribution in [0.2, 0.25) is 0 Å². The molecular formula is C39H78N2O. The second kappa shape index (κ2) is 32.9. The molecule has 0 heterocycles. The monoisotopic (exact) mass is 591 g/mol. The van der Waals surface area contributed by atoms with Crippen LogP contribution in [0.1, 0.15) is 215 Å². The number of hydrogen-bond donors (Lipinski definition) is 1. The Morgan fingerprint density at radius 2 is 0.881 bits per heavy atom. The van der Waals surface area contributed by atoms with Crippen molar-refractivity contribution in [3.8, 4) is 0 Å². The molecule has 0 aromatic heterocycles. The standard InChI is InChI=1S/C39H78N2O/c1-7-9-11-13-15-17-19-21-22-23-25-27-29-31-33-35-38(42-39(40-36(3)4)41-37(5)6)34-32-30-28-26-24-20-18-16-14-12-10-8-2/h21-22,36-38H,7-20,23-35H2,1-6H3,(H,40,41)/b22-21-. The first-order valence-corrected chi connectivity index (χ1v) is 19.2. The molecule has 0 aromatic carbocycles. The van der Waals surface area contributed by atoms with Gasteiger partial charge in [-0.1, -0.05) is 148 Å². The molecule has 0 saturated carbocycles. The number of amidine groups is 1. The maximum Gasteiger partial charge on any atom is 0.285 e. The van der Waals surface area contributed by atoms with Crippen molar-refractivity contribution in [2.45, 2.75) is 233 Å². The van der Waals surface area contributed by atoms with E-state index in [2.05, 4.69) is 59.0 Å². The van der Waals surface area contributed by atoms with E-state index in [4.69, 9.17) is 9.73 Å². The summed E-state index contributed by atoms with van der Waals surface area (Å²) in [5, 5.41) is 3.46. The number of aliphatic imine (C=N–C) groups is 1. The zero-order valence-corrected chi connectivity index (χ0v) is 29.8. The van der Waals surface area contributed by atoms with Crippen molar-refractivity contribution in [3.63, 3.8) is 0 Å². The normalized spacial score (nSPS) is 13.1. The lowest BCUT2D eigenvalue weighted by Gasteiger charge is -2.23.